The number of carboxylic acid groups (broad SMARTS) is 1. The zero-order chi connectivity index (χ0) is 20.1. The second-order valence-electron chi connectivity index (χ2n) is 6.09. The van der Waals surface area contributed by atoms with Crippen LogP contribution in [0.4, 0.5) is 4.39 Å². The van der Waals surface area contributed by atoms with Crippen molar-refractivity contribution >= 4 is 30.4 Å². The van der Waals surface area contributed by atoms with Gasteiger partial charge in [0, 0.05) is 18.2 Å². The van der Waals surface area contributed by atoms with E-state index in [2.05, 4.69) is 12.6 Å². The molecule has 27 heavy (non-hydrogen) atoms. The summed E-state index contributed by atoms with van der Waals surface area (Å²) in [7, 11) is 0. The Labute approximate surface area is 162 Å². The van der Waals surface area contributed by atoms with Crippen LogP contribution in [0.15, 0.2) is 48.5 Å². The highest BCUT2D eigenvalue weighted by Crippen LogP contribution is 2.27. The average molecular weight is 389 g/mol. The highest BCUT2D eigenvalue weighted by Gasteiger charge is 2.34. The van der Waals surface area contributed by atoms with Crippen LogP contribution in [0, 0.1) is 5.82 Å². The maximum Gasteiger partial charge on any atom is 0.327 e. The number of carbonyl (C=O) groups is 3. The van der Waals surface area contributed by atoms with Crippen LogP contribution in [0.2, 0.25) is 0 Å². The monoisotopic (exact) mass is 389 g/mol. The lowest BCUT2D eigenvalue weighted by Gasteiger charge is -2.27. The van der Waals surface area contributed by atoms with E-state index in [0.717, 1.165) is 6.92 Å². The molecular weight excluding hydrogens is 369 g/mol. The van der Waals surface area contributed by atoms with Gasteiger partial charge in [-0.15, -0.1) is 0 Å². The summed E-state index contributed by atoms with van der Waals surface area (Å²) in [4.78, 5) is 36.6. The van der Waals surface area contributed by atoms with Crippen molar-refractivity contribution in [2.45, 2.75) is 25.8 Å². The lowest BCUT2D eigenvalue weighted by molar-refractivity contribution is -0.156. The first-order valence-electron chi connectivity index (χ1n) is 8.30. The predicted octanol–water partition coefficient (Wildman–Crippen LogP) is 3.35. The number of hydrogen-bond donors (Lipinski definition) is 2. The van der Waals surface area contributed by atoms with Crippen LogP contribution in [0.1, 0.15) is 25.3 Å². The summed E-state index contributed by atoms with van der Waals surface area (Å²) < 4.78 is 14.6. The van der Waals surface area contributed by atoms with E-state index in [1.807, 2.05) is 6.07 Å². The first-order valence-corrected chi connectivity index (χ1v) is 8.93. The fourth-order valence-corrected chi connectivity index (χ4v) is 3.12. The molecule has 2 rings (SSSR count). The van der Waals surface area contributed by atoms with Gasteiger partial charge in [0.25, 0.3) is 0 Å². The summed E-state index contributed by atoms with van der Waals surface area (Å²) >= 11 is 3.92. The molecule has 0 bridgehead atoms. The maximum absolute atomic E-state index is 14.6. The number of benzene rings is 2. The SMILES string of the molecule is CC(=O)N(C(=O)C(C)c1ccc(-c2ccccc2)c(F)c1)[C@H](CS)C(=O)O. The third-order valence-corrected chi connectivity index (χ3v) is 4.64. The number of halogens is 1. The highest BCUT2D eigenvalue weighted by atomic mass is 32.1. The van der Waals surface area contributed by atoms with Gasteiger partial charge in [0.1, 0.15) is 11.9 Å². The minimum absolute atomic E-state index is 0.214. The third-order valence-electron chi connectivity index (χ3n) is 4.29. The molecule has 0 saturated heterocycles. The fraction of sp³-hybridized carbons (Fsp3) is 0.250. The second kappa shape index (κ2) is 8.81. The Bertz CT molecular complexity index is 856. The maximum atomic E-state index is 14.6. The number of nitrogens with zero attached hydrogens (tertiary/aromatic N) is 1. The van der Waals surface area contributed by atoms with E-state index < -0.39 is 35.6 Å². The molecule has 5 nitrogen and oxygen atoms in total. The molecule has 0 aliphatic rings. The van der Waals surface area contributed by atoms with Crippen molar-refractivity contribution in [3.05, 3.63) is 59.9 Å². The van der Waals surface area contributed by atoms with Crippen molar-refractivity contribution in [3.8, 4) is 11.1 Å². The second-order valence-corrected chi connectivity index (χ2v) is 6.46. The molecule has 2 atom stereocenters. The van der Waals surface area contributed by atoms with Gasteiger partial charge in [0.2, 0.25) is 11.8 Å². The quantitative estimate of drug-likeness (QED) is 0.743. The molecule has 0 fully saturated rings. The van der Waals surface area contributed by atoms with E-state index in [9.17, 15) is 23.9 Å². The molecule has 7 heteroatoms. The van der Waals surface area contributed by atoms with Crippen molar-refractivity contribution in [2.75, 3.05) is 5.75 Å². The fourth-order valence-electron chi connectivity index (χ4n) is 2.80. The van der Waals surface area contributed by atoms with E-state index in [-0.39, 0.29) is 5.75 Å². The molecule has 0 aliphatic carbocycles. The number of rotatable bonds is 6. The molecule has 0 radical (unpaired) electrons. The number of carbonyl (C=O) groups excluding carboxylic acids is 2. The van der Waals surface area contributed by atoms with Crippen LogP contribution in [0.25, 0.3) is 11.1 Å². The lowest BCUT2D eigenvalue weighted by Crippen LogP contribution is -2.50. The van der Waals surface area contributed by atoms with Crippen LogP contribution in [0.5, 0.6) is 0 Å². The van der Waals surface area contributed by atoms with Crippen molar-refractivity contribution < 1.29 is 23.9 Å². The van der Waals surface area contributed by atoms with Crippen molar-refractivity contribution in [1.82, 2.24) is 4.90 Å². The van der Waals surface area contributed by atoms with Gasteiger partial charge in [0.15, 0.2) is 0 Å². The molecule has 0 spiro atoms. The van der Waals surface area contributed by atoms with Gasteiger partial charge in [-0.2, -0.15) is 12.6 Å². The summed E-state index contributed by atoms with van der Waals surface area (Å²) in [6.45, 7) is 2.62. The van der Waals surface area contributed by atoms with Crippen molar-refractivity contribution in [2.24, 2.45) is 0 Å². The van der Waals surface area contributed by atoms with E-state index in [1.165, 1.54) is 13.0 Å². The molecule has 0 aromatic heterocycles. The molecule has 0 aliphatic heterocycles. The number of carboxylic acids is 1. The van der Waals surface area contributed by atoms with Crippen LogP contribution in [0.3, 0.4) is 0 Å². The summed E-state index contributed by atoms with van der Waals surface area (Å²) in [5.41, 5.74) is 1.44. The Morgan fingerprint density at radius 2 is 1.78 bits per heavy atom. The number of aliphatic carboxylic acids is 1. The molecule has 1 N–H and O–H groups in total. The van der Waals surface area contributed by atoms with Crippen LogP contribution < -0.4 is 0 Å². The van der Waals surface area contributed by atoms with Crippen LogP contribution in [-0.4, -0.2) is 39.6 Å². The van der Waals surface area contributed by atoms with Gasteiger partial charge >= 0.3 is 5.97 Å². The number of amides is 2. The number of thiol groups is 1. The summed E-state index contributed by atoms with van der Waals surface area (Å²) in [5.74, 6) is -4.35. The molecule has 142 valence electrons. The Morgan fingerprint density at radius 3 is 2.26 bits per heavy atom. The minimum Gasteiger partial charge on any atom is -0.480 e. The van der Waals surface area contributed by atoms with E-state index in [4.69, 9.17) is 0 Å². The topological polar surface area (TPSA) is 74.7 Å². The molecule has 2 aromatic carbocycles. The lowest BCUT2D eigenvalue weighted by atomic mass is 9.95. The molecular formula is C20H20FNO4S. The Balaban J connectivity index is 2.34. The minimum atomic E-state index is -1.38. The zero-order valence-electron chi connectivity index (χ0n) is 14.9. The normalized spacial score (nSPS) is 12.9. The van der Waals surface area contributed by atoms with E-state index >= 15 is 0 Å². The van der Waals surface area contributed by atoms with Gasteiger partial charge in [-0.05, 0) is 24.1 Å². The van der Waals surface area contributed by atoms with Gasteiger partial charge in [-0.3, -0.25) is 14.5 Å². The number of hydrogen-bond acceptors (Lipinski definition) is 4. The van der Waals surface area contributed by atoms with Crippen molar-refractivity contribution in [1.29, 1.82) is 0 Å². The first kappa shape index (κ1) is 20.6. The Kier molecular flexibility index (Phi) is 6.74. The molecule has 1 unspecified atom stereocenters. The predicted molar refractivity (Wildman–Crippen MR) is 103 cm³/mol. The van der Waals surface area contributed by atoms with Gasteiger partial charge in [0.05, 0.1) is 5.92 Å². The smallest absolute Gasteiger partial charge is 0.327 e. The zero-order valence-corrected chi connectivity index (χ0v) is 15.8. The Morgan fingerprint density at radius 1 is 1.15 bits per heavy atom. The molecule has 0 heterocycles. The van der Waals surface area contributed by atoms with Crippen LogP contribution >= 0.6 is 12.6 Å². The average Bonchev–Trinajstić information content (AvgIpc) is 2.64. The first-order chi connectivity index (χ1) is 12.8. The summed E-state index contributed by atoms with van der Waals surface area (Å²) in [6.07, 6.45) is 0. The molecule has 2 amide bonds. The van der Waals surface area contributed by atoms with Gasteiger partial charge in [-0.25, -0.2) is 9.18 Å². The number of imide groups is 1. The third kappa shape index (κ3) is 4.54. The van der Waals surface area contributed by atoms with E-state index in [0.29, 0.717) is 21.6 Å². The summed E-state index contributed by atoms with van der Waals surface area (Å²) in [6, 6.07) is 12.0. The van der Waals surface area contributed by atoms with Crippen molar-refractivity contribution in [3.63, 3.8) is 0 Å². The largest absolute Gasteiger partial charge is 0.480 e. The standard InChI is InChI=1S/C20H20FNO4S/c1-12(19(24)22(13(2)23)18(11-27)20(25)26)15-8-9-16(17(21)10-15)14-6-4-3-5-7-14/h3-10,12,18,27H,11H2,1-2H3,(H,25,26)/t12?,18-/m1/s1. The summed E-state index contributed by atoms with van der Waals surface area (Å²) in [5, 5.41) is 9.25. The van der Waals surface area contributed by atoms with Gasteiger partial charge in [-0.1, -0.05) is 42.5 Å². The van der Waals surface area contributed by atoms with Crippen LogP contribution in [-0.2, 0) is 14.4 Å². The molecule has 2 aromatic rings. The highest BCUT2D eigenvalue weighted by molar-refractivity contribution is 7.80. The van der Waals surface area contributed by atoms with Gasteiger partial charge < -0.3 is 5.11 Å². The molecule has 0 saturated carbocycles. The Hall–Kier alpha value is -2.67. The van der Waals surface area contributed by atoms with E-state index in [1.54, 1.807) is 36.4 Å².